The van der Waals surface area contributed by atoms with Crippen molar-refractivity contribution in [2.75, 3.05) is 31.6 Å². The summed E-state index contributed by atoms with van der Waals surface area (Å²) in [5.41, 5.74) is 0.745. The zero-order valence-electron chi connectivity index (χ0n) is 16.1. The Morgan fingerprint density at radius 2 is 2.00 bits per heavy atom. The molecular weight excluding hydrogens is 393 g/mol. The molecule has 152 valence electrons. The van der Waals surface area contributed by atoms with Crippen molar-refractivity contribution in [3.05, 3.63) is 29.5 Å². The van der Waals surface area contributed by atoms with Crippen molar-refractivity contribution in [2.45, 2.75) is 25.8 Å². The number of nitrogens with one attached hydrogen (secondary N) is 2. The molecule has 0 unspecified atom stereocenters. The molecule has 29 heavy (non-hydrogen) atoms. The van der Waals surface area contributed by atoms with Gasteiger partial charge in [0.1, 0.15) is 23.2 Å². The Bertz CT molecular complexity index is 1000. The summed E-state index contributed by atoms with van der Waals surface area (Å²) < 4.78 is 12.3. The molecule has 3 aromatic heterocycles. The Kier molecular flexibility index (Phi) is 5.91. The molecule has 0 bridgehead atoms. The number of aromatic nitrogens is 4. The lowest BCUT2D eigenvalue weighted by Gasteiger charge is -2.32. The summed E-state index contributed by atoms with van der Waals surface area (Å²) in [6.45, 7) is 3.16. The molecule has 0 radical (unpaired) electrons. The van der Waals surface area contributed by atoms with Gasteiger partial charge in [-0.05, 0) is 37.3 Å². The summed E-state index contributed by atoms with van der Waals surface area (Å²) in [5, 5.41) is 17.7. The number of halogens is 1. The van der Waals surface area contributed by atoms with E-state index in [1.165, 1.54) is 11.3 Å². The maximum Gasteiger partial charge on any atom is 0.323 e. The molecular formula is C19H22FN7OS. The van der Waals surface area contributed by atoms with Crippen LogP contribution in [0.4, 0.5) is 15.0 Å². The Hall–Kier alpha value is -2.72. The maximum atomic E-state index is 12.6. The summed E-state index contributed by atoms with van der Waals surface area (Å²) >= 11 is 1.49. The number of alkyl halides is 1. The largest absolute Gasteiger partial charge is 0.324 e. The van der Waals surface area contributed by atoms with E-state index >= 15 is 0 Å². The van der Waals surface area contributed by atoms with Crippen molar-refractivity contribution in [1.29, 1.82) is 0 Å². The van der Waals surface area contributed by atoms with Crippen molar-refractivity contribution < 1.29 is 9.18 Å². The molecule has 2 N–H and O–H groups in total. The number of nitrogens with zero attached hydrogens (tertiary/aromatic N) is 5. The number of piperidine rings is 1. The van der Waals surface area contributed by atoms with Crippen LogP contribution in [0.2, 0.25) is 0 Å². The van der Waals surface area contributed by atoms with Gasteiger partial charge in [0.15, 0.2) is 5.01 Å². The predicted molar refractivity (Wildman–Crippen MR) is 111 cm³/mol. The average Bonchev–Trinajstić information content (AvgIpc) is 3.18. The fourth-order valence-electron chi connectivity index (χ4n) is 3.36. The van der Waals surface area contributed by atoms with E-state index in [2.05, 4.69) is 30.8 Å². The van der Waals surface area contributed by atoms with Crippen molar-refractivity contribution in [3.63, 3.8) is 0 Å². The molecule has 0 saturated carbocycles. The van der Waals surface area contributed by atoms with Crippen LogP contribution in [-0.2, 0) is 0 Å². The SMILES string of the molecule is Cc1nnc(-c2cc3cc(NC(=O)N4CCC(NCCF)CC4)ncc3cn2)s1. The zero-order chi connectivity index (χ0) is 20.2. The highest BCUT2D eigenvalue weighted by Crippen LogP contribution is 2.25. The van der Waals surface area contributed by atoms with Crippen LogP contribution in [0, 0.1) is 6.92 Å². The molecule has 4 rings (SSSR count). The van der Waals surface area contributed by atoms with E-state index < -0.39 is 0 Å². The molecule has 1 fully saturated rings. The van der Waals surface area contributed by atoms with Crippen molar-refractivity contribution >= 4 is 34.0 Å². The van der Waals surface area contributed by atoms with Crippen LogP contribution < -0.4 is 10.6 Å². The highest BCUT2D eigenvalue weighted by Gasteiger charge is 2.22. The van der Waals surface area contributed by atoms with E-state index in [1.807, 2.05) is 19.1 Å². The van der Waals surface area contributed by atoms with E-state index in [0.717, 1.165) is 39.3 Å². The highest BCUT2D eigenvalue weighted by atomic mass is 32.1. The van der Waals surface area contributed by atoms with Crippen LogP contribution in [0.1, 0.15) is 17.8 Å². The standard InChI is InChI=1S/C19H22FN7OS/c1-12-25-26-18(29-12)16-8-13-9-17(23-11-14(13)10-22-16)24-19(28)27-6-2-15(3-7-27)21-5-4-20/h8-11,15,21H,2-7H2,1H3,(H,23,24,28). The molecule has 1 aliphatic heterocycles. The van der Waals surface area contributed by atoms with Gasteiger partial charge >= 0.3 is 6.03 Å². The van der Waals surface area contributed by atoms with Crippen LogP contribution in [0.15, 0.2) is 24.5 Å². The summed E-state index contributed by atoms with van der Waals surface area (Å²) in [5.74, 6) is 0.491. The number of carbonyl (C=O) groups is 1. The van der Waals surface area contributed by atoms with Crippen molar-refractivity contribution in [2.24, 2.45) is 0 Å². The molecule has 1 aliphatic rings. The lowest BCUT2D eigenvalue weighted by Crippen LogP contribution is -2.46. The molecule has 0 aliphatic carbocycles. The van der Waals surface area contributed by atoms with Crippen LogP contribution in [0.3, 0.4) is 0 Å². The zero-order valence-corrected chi connectivity index (χ0v) is 16.9. The van der Waals surface area contributed by atoms with Crippen LogP contribution in [0.25, 0.3) is 21.5 Å². The molecule has 4 heterocycles. The first kappa shape index (κ1) is 19.6. The first-order valence-electron chi connectivity index (χ1n) is 9.54. The highest BCUT2D eigenvalue weighted by molar-refractivity contribution is 7.14. The minimum atomic E-state index is -0.371. The second-order valence-electron chi connectivity index (χ2n) is 6.95. The Balaban J connectivity index is 1.43. The van der Waals surface area contributed by atoms with Crippen molar-refractivity contribution in [1.82, 2.24) is 30.4 Å². The molecule has 10 heteroatoms. The topological polar surface area (TPSA) is 95.9 Å². The number of likely N-dealkylation sites (tertiary alicyclic amines) is 1. The van der Waals surface area contributed by atoms with E-state index in [4.69, 9.17) is 0 Å². The van der Waals surface area contributed by atoms with Gasteiger partial charge < -0.3 is 10.2 Å². The normalized spacial score (nSPS) is 15.0. The summed E-state index contributed by atoms with van der Waals surface area (Å²) in [7, 11) is 0. The number of rotatable bonds is 5. The average molecular weight is 415 g/mol. The van der Waals surface area contributed by atoms with Gasteiger partial charge in [-0.3, -0.25) is 10.3 Å². The van der Waals surface area contributed by atoms with Crippen LogP contribution in [0.5, 0.6) is 0 Å². The number of amides is 2. The number of urea groups is 1. The van der Waals surface area contributed by atoms with Crippen LogP contribution >= 0.6 is 11.3 Å². The maximum absolute atomic E-state index is 12.6. The summed E-state index contributed by atoms with van der Waals surface area (Å²) in [6, 6.07) is 3.86. The van der Waals surface area contributed by atoms with Gasteiger partial charge in [0.2, 0.25) is 0 Å². The third-order valence-electron chi connectivity index (χ3n) is 4.89. The van der Waals surface area contributed by atoms with Gasteiger partial charge in [0.05, 0.1) is 0 Å². The van der Waals surface area contributed by atoms with Gasteiger partial charge in [-0.25, -0.2) is 14.2 Å². The van der Waals surface area contributed by atoms with Gasteiger partial charge in [-0.1, -0.05) is 11.3 Å². The first-order chi connectivity index (χ1) is 14.1. The quantitative estimate of drug-likeness (QED) is 0.665. The lowest BCUT2D eigenvalue weighted by atomic mass is 10.1. The third-order valence-corrected chi connectivity index (χ3v) is 5.75. The van der Waals surface area contributed by atoms with E-state index in [-0.39, 0.29) is 18.7 Å². The second-order valence-corrected chi connectivity index (χ2v) is 8.13. The number of carbonyl (C=O) groups excluding carboxylic acids is 1. The fourth-order valence-corrected chi connectivity index (χ4v) is 4.02. The van der Waals surface area contributed by atoms with Crippen molar-refractivity contribution in [3.8, 4) is 10.7 Å². The van der Waals surface area contributed by atoms with Gasteiger partial charge in [0, 0.05) is 43.5 Å². The number of fused-ring (bicyclic) bond motifs is 1. The summed E-state index contributed by atoms with van der Waals surface area (Å²) in [6.07, 6.45) is 5.07. The number of anilines is 1. The number of hydrogen-bond donors (Lipinski definition) is 2. The smallest absolute Gasteiger partial charge is 0.323 e. The number of hydrogen-bond acceptors (Lipinski definition) is 7. The molecule has 0 atom stereocenters. The minimum Gasteiger partial charge on any atom is -0.324 e. The summed E-state index contributed by atoms with van der Waals surface area (Å²) in [4.78, 5) is 23.1. The monoisotopic (exact) mass is 415 g/mol. The lowest BCUT2D eigenvalue weighted by molar-refractivity contribution is 0.188. The Morgan fingerprint density at radius 3 is 2.72 bits per heavy atom. The molecule has 3 aromatic rings. The molecule has 2 amide bonds. The first-order valence-corrected chi connectivity index (χ1v) is 10.4. The molecule has 0 aromatic carbocycles. The predicted octanol–water partition coefficient (Wildman–Crippen LogP) is 3.01. The molecule has 0 spiro atoms. The van der Waals surface area contributed by atoms with Crippen LogP contribution in [-0.4, -0.2) is 63.4 Å². The minimum absolute atomic E-state index is 0.171. The molecule has 8 nitrogen and oxygen atoms in total. The Morgan fingerprint density at radius 1 is 1.21 bits per heavy atom. The second kappa shape index (κ2) is 8.75. The van der Waals surface area contributed by atoms with E-state index in [0.29, 0.717) is 25.5 Å². The molecule has 1 saturated heterocycles. The number of pyridine rings is 2. The fraction of sp³-hybridized carbons (Fsp3) is 0.421. The number of aryl methyl sites for hydroxylation is 1. The van der Waals surface area contributed by atoms with Gasteiger partial charge in [-0.15, -0.1) is 10.2 Å². The van der Waals surface area contributed by atoms with Gasteiger partial charge in [-0.2, -0.15) is 0 Å². The van der Waals surface area contributed by atoms with E-state index in [9.17, 15) is 9.18 Å². The van der Waals surface area contributed by atoms with E-state index in [1.54, 1.807) is 17.3 Å². The van der Waals surface area contributed by atoms with Gasteiger partial charge in [0.25, 0.3) is 0 Å². The Labute approximate surface area is 171 Å². The third kappa shape index (κ3) is 4.65.